The molecule has 2 N–H and O–H groups in total. The molecule has 2 heterocycles. The van der Waals surface area contributed by atoms with Crippen LogP contribution in [0.5, 0.6) is 0 Å². The van der Waals surface area contributed by atoms with Crippen LogP contribution in [0.1, 0.15) is 30.3 Å². The zero-order chi connectivity index (χ0) is 12.5. The van der Waals surface area contributed by atoms with Gasteiger partial charge in [0.1, 0.15) is 16.7 Å². The minimum absolute atomic E-state index is 0. The molecule has 0 amide bonds. The zero-order valence-electron chi connectivity index (χ0n) is 10.7. The molecule has 3 nitrogen and oxygen atoms in total. The Morgan fingerprint density at radius 1 is 1.37 bits per heavy atom. The number of aromatic amines is 1. The second-order valence-electron chi connectivity index (χ2n) is 4.80. The van der Waals surface area contributed by atoms with E-state index in [1.165, 1.54) is 12.0 Å². The maximum Gasteiger partial charge on any atom is 0.134 e. The van der Waals surface area contributed by atoms with Gasteiger partial charge in [-0.05, 0) is 32.4 Å². The van der Waals surface area contributed by atoms with E-state index in [2.05, 4.69) is 34.3 Å². The molecule has 0 aliphatic carbocycles. The van der Waals surface area contributed by atoms with Crippen molar-refractivity contribution in [3.8, 4) is 11.3 Å². The topological polar surface area (TPSA) is 40.7 Å². The third kappa shape index (κ3) is 2.94. The maximum absolute atomic E-state index is 6.26. The van der Waals surface area contributed by atoms with Crippen molar-refractivity contribution in [3.63, 3.8) is 0 Å². The standard InChI is InChI=1S/C14H16ClN3.ClH/c1-9-4-2-5-10(8-9)12-13(15)18-14(17-12)11-6-3-7-16-11;/h2,4-5,8,11,16H,3,6-7H2,1H3,(H,17,18);1H/t11-;/m0./s1. The molecular weight excluding hydrogens is 281 g/mol. The van der Waals surface area contributed by atoms with Crippen molar-refractivity contribution in [2.75, 3.05) is 6.54 Å². The molecule has 5 heteroatoms. The van der Waals surface area contributed by atoms with E-state index in [9.17, 15) is 0 Å². The smallest absolute Gasteiger partial charge is 0.134 e. The summed E-state index contributed by atoms with van der Waals surface area (Å²) in [5, 5.41) is 4.05. The zero-order valence-corrected chi connectivity index (χ0v) is 12.3. The van der Waals surface area contributed by atoms with E-state index in [0.717, 1.165) is 30.0 Å². The first-order chi connectivity index (χ1) is 8.74. The van der Waals surface area contributed by atoms with Gasteiger partial charge in [0.15, 0.2) is 0 Å². The van der Waals surface area contributed by atoms with E-state index in [0.29, 0.717) is 11.2 Å². The number of benzene rings is 1. The van der Waals surface area contributed by atoms with Gasteiger partial charge < -0.3 is 10.3 Å². The Morgan fingerprint density at radius 2 is 2.21 bits per heavy atom. The molecule has 1 aliphatic heterocycles. The summed E-state index contributed by atoms with van der Waals surface area (Å²) in [4.78, 5) is 7.85. The van der Waals surface area contributed by atoms with Crippen LogP contribution in [0.4, 0.5) is 0 Å². The van der Waals surface area contributed by atoms with Crippen molar-refractivity contribution in [2.45, 2.75) is 25.8 Å². The molecule has 1 aliphatic rings. The molecule has 3 rings (SSSR count). The predicted octanol–water partition coefficient (Wildman–Crippen LogP) is 3.88. The van der Waals surface area contributed by atoms with Crippen molar-refractivity contribution >= 4 is 24.0 Å². The molecule has 2 aromatic rings. The van der Waals surface area contributed by atoms with Crippen LogP contribution in [0.2, 0.25) is 5.15 Å². The monoisotopic (exact) mass is 297 g/mol. The third-order valence-electron chi connectivity index (χ3n) is 3.36. The van der Waals surface area contributed by atoms with Crippen LogP contribution < -0.4 is 5.32 Å². The molecule has 0 saturated carbocycles. The number of nitrogens with one attached hydrogen (secondary N) is 2. The van der Waals surface area contributed by atoms with Crippen LogP contribution in [0, 0.1) is 6.92 Å². The first kappa shape index (κ1) is 14.4. The van der Waals surface area contributed by atoms with Gasteiger partial charge in [-0.3, -0.25) is 0 Å². The van der Waals surface area contributed by atoms with Crippen LogP contribution in [-0.2, 0) is 0 Å². The molecule has 19 heavy (non-hydrogen) atoms. The Hall–Kier alpha value is -1.03. The highest BCUT2D eigenvalue weighted by Gasteiger charge is 2.21. The van der Waals surface area contributed by atoms with E-state index in [-0.39, 0.29) is 12.4 Å². The van der Waals surface area contributed by atoms with Gasteiger partial charge >= 0.3 is 0 Å². The second-order valence-corrected chi connectivity index (χ2v) is 5.18. The molecule has 0 spiro atoms. The quantitative estimate of drug-likeness (QED) is 0.883. The number of rotatable bonds is 2. The Balaban J connectivity index is 0.00000133. The Bertz CT molecular complexity index is 560. The Labute approximate surface area is 124 Å². The number of aryl methyl sites for hydroxylation is 1. The average Bonchev–Trinajstić information content (AvgIpc) is 2.97. The van der Waals surface area contributed by atoms with Gasteiger partial charge in [0.2, 0.25) is 0 Å². The predicted molar refractivity (Wildman–Crippen MR) is 81.0 cm³/mol. The summed E-state index contributed by atoms with van der Waals surface area (Å²) < 4.78 is 0. The summed E-state index contributed by atoms with van der Waals surface area (Å²) in [6, 6.07) is 8.57. The van der Waals surface area contributed by atoms with Crippen molar-refractivity contribution in [1.29, 1.82) is 0 Å². The normalized spacial score (nSPS) is 18.3. The van der Waals surface area contributed by atoms with Gasteiger partial charge in [-0.1, -0.05) is 35.4 Å². The number of hydrogen-bond acceptors (Lipinski definition) is 2. The van der Waals surface area contributed by atoms with E-state index in [1.54, 1.807) is 0 Å². The summed E-state index contributed by atoms with van der Waals surface area (Å²) in [6.45, 7) is 3.13. The summed E-state index contributed by atoms with van der Waals surface area (Å²) in [6.07, 6.45) is 2.32. The lowest BCUT2D eigenvalue weighted by atomic mass is 10.1. The van der Waals surface area contributed by atoms with Crippen LogP contribution in [0.25, 0.3) is 11.3 Å². The fourth-order valence-corrected chi connectivity index (χ4v) is 2.68. The fraction of sp³-hybridized carbons (Fsp3) is 0.357. The number of halogens is 2. The van der Waals surface area contributed by atoms with E-state index >= 15 is 0 Å². The Kier molecular flexibility index (Phi) is 4.50. The first-order valence-corrected chi connectivity index (χ1v) is 6.67. The lowest BCUT2D eigenvalue weighted by Gasteiger charge is -2.04. The molecule has 0 radical (unpaired) electrons. The van der Waals surface area contributed by atoms with Crippen molar-refractivity contribution in [2.24, 2.45) is 0 Å². The third-order valence-corrected chi connectivity index (χ3v) is 3.63. The molecule has 0 unspecified atom stereocenters. The molecule has 102 valence electrons. The van der Waals surface area contributed by atoms with Crippen LogP contribution in [-0.4, -0.2) is 16.5 Å². The van der Waals surface area contributed by atoms with E-state index < -0.39 is 0 Å². The largest absolute Gasteiger partial charge is 0.331 e. The molecule has 1 fully saturated rings. The average molecular weight is 298 g/mol. The fourth-order valence-electron chi connectivity index (χ4n) is 2.44. The maximum atomic E-state index is 6.26. The van der Waals surface area contributed by atoms with Crippen molar-refractivity contribution < 1.29 is 0 Å². The summed E-state index contributed by atoms with van der Waals surface area (Å²) in [5.74, 6) is 0.953. The molecule has 1 aromatic heterocycles. The highest BCUT2D eigenvalue weighted by molar-refractivity contribution is 6.31. The number of nitrogens with zero attached hydrogens (tertiary/aromatic N) is 1. The van der Waals surface area contributed by atoms with Gasteiger partial charge in [0.25, 0.3) is 0 Å². The van der Waals surface area contributed by atoms with E-state index in [1.807, 2.05) is 12.1 Å². The Morgan fingerprint density at radius 3 is 2.89 bits per heavy atom. The van der Waals surface area contributed by atoms with Crippen molar-refractivity contribution in [3.05, 3.63) is 40.8 Å². The van der Waals surface area contributed by atoms with E-state index in [4.69, 9.17) is 11.6 Å². The van der Waals surface area contributed by atoms with Gasteiger partial charge in [0, 0.05) is 5.56 Å². The first-order valence-electron chi connectivity index (χ1n) is 6.30. The number of imidazole rings is 1. The molecule has 1 saturated heterocycles. The van der Waals surface area contributed by atoms with Gasteiger partial charge in [-0.15, -0.1) is 12.4 Å². The lowest BCUT2D eigenvalue weighted by Crippen LogP contribution is -2.14. The van der Waals surface area contributed by atoms with Gasteiger partial charge in [-0.25, -0.2) is 4.98 Å². The minimum atomic E-state index is 0. The van der Waals surface area contributed by atoms with Gasteiger partial charge in [0.05, 0.1) is 6.04 Å². The lowest BCUT2D eigenvalue weighted by molar-refractivity contribution is 0.613. The summed E-state index contributed by atoms with van der Waals surface area (Å²) >= 11 is 6.26. The second kappa shape index (κ2) is 5.95. The highest BCUT2D eigenvalue weighted by Crippen LogP contribution is 2.30. The molecule has 1 aromatic carbocycles. The van der Waals surface area contributed by atoms with Crippen molar-refractivity contribution in [1.82, 2.24) is 15.3 Å². The molecule has 0 bridgehead atoms. The number of aromatic nitrogens is 2. The SMILES string of the molecule is Cc1cccc(-c2nc([C@@H]3CCCN3)[nH]c2Cl)c1.Cl. The minimum Gasteiger partial charge on any atom is -0.331 e. The molecule has 1 atom stereocenters. The van der Waals surface area contributed by atoms with Crippen LogP contribution >= 0.6 is 24.0 Å². The molecular formula is C14H17Cl2N3. The summed E-state index contributed by atoms with van der Waals surface area (Å²) in [7, 11) is 0. The number of H-pyrrole nitrogens is 1. The summed E-state index contributed by atoms with van der Waals surface area (Å²) in [5.41, 5.74) is 3.14. The van der Waals surface area contributed by atoms with Gasteiger partial charge in [-0.2, -0.15) is 0 Å². The van der Waals surface area contributed by atoms with Crippen LogP contribution in [0.15, 0.2) is 24.3 Å². The highest BCUT2D eigenvalue weighted by atomic mass is 35.5. The number of hydrogen-bond donors (Lipinski definition) is 2. The van der Waals surface area contributed by atoms with Crippen LogP contribution in [0.3, 0.4) is 0 Å².